The van der Waals surface area contributed by atoms with Gasteiger partial charge in [-0.3, -0.25) is 10.1 Å². The quantitative estimate of drug-likeness (QED) is 0.487. The van der Waals surface area contributed by atoms with E-state index in [0.717, 1.165) is 23.1 Å². The molecule has 3 aromatic rings. The number of rotatable bonds is 7. The lowest BCUT2D eigenvalue weighted by atomic mass is 10.0. The highest BCUT2D eigenvalue weighted by molar-refractivity contribution is 5.96. The summed E-state index contributed by atoms with van der Waals surface area (Å²) in [6.07, 6.45) is 1.41. The van der Waals surface area contributed by atoms with Crippen LogP contribution in [-0.4, -0.2) is 21.6 Å². The SMILES string of the molecule is Cc1cc(NC(CCCO)c2ccccc2)c2cccc([N+](=O)[O-])c2n1. The molecule has 3 rings (SSSR count). The first-order valence-corrected chi connectivity index (χ1v) is 8.57. The van der Waals surface area contributed by atoms with E-state index in [9.17, 15) is 15.2 Å². The molecule has 0 aliphatic rings. The Hall–Kier alpha value is -2.99. The summed E-state index contributed by atoms with van der Waals surface area (Å²) in [6.45, 7) is 1.94. The van der Waals surface area contributed by atoms with Crippen molar-refractivity contribution in [2.24, 2.45) is 0 Å². The second-order valence-electron chi connectivity index (χ2n) is 6.22. The fraction of sp³-hybridized carbons (Fsp3) is 0.250. The predicted octanol–water partition coefficient (Wildman–Crippen LogP) is 4.38. The van der Waals surface area contributed by atoms with Gasteiger partial charge in [0.25, 0.3) is 5.69 Å². The largest absolute Gasteiger partial charge is 0.396 e. The van der Waals surface area contributed by atoms with E-state index >= 15 is 0 Å². The molecule has 2 aromatic carbocycles. The van der Waals surface area contributed by atoms with Crippen LogP contribution in [-0.2, 0) is 0 Å². The number of nitrogens with one attached hydrogen (secondary N) is 1. The van der Waals surface area contributed by atoms with Crippen LogP contribution in [0.15, 0.2) is 54.6 Å². The number of benzene rings is 2. The first-order valence-electron chi connectivity index (χ1n) is 8.57. The van der Waals surface area contributed by atoms with Crippen LogP contribution in [0.4, 0.5) is 11.4 Å². The van der Waals surface area contributed by atoms with Gasteiger partial charge in [-0.2, -0.15) is 0 Å². The molecule has 0 radical (unpaired) electrons. The zero-order chi connectivity index (χ0) is 18.5. The van der Waals surface area contributed by atoms with Gasteiger partial charge in [0.2, 0.25) is 0 Å². The summed E-state index contributed by atoms with van der Waals surface area (Å²) in [5.41, 5.74) is 3.01. The first-order chi connectivity index (χ1) is 12.6. The van der Waals surface area contributed by atoms with Crippen molar-refractivity contribution in [3.05, 3.63) is 76.0 Å². The summed E-state index contributed by atoms with van der Waals surface area (Å²) >= 11 is 0. The van der Waals surface area contributed by atoms with E-state index in [2.05, 4.69) is 10.3 Å². The lowest BCUT2D eigenvalue weighted by Crippen LogP contribution is -2.12. The molecule has 6 nitrogen and oxygen atoms in total. The summed E-state index contributed by atoms with van der Waals surface area (Å²) in [4.78, 5) is 15.3. The number of nitro groups is 1. The summed E-state index contributed by atoms with van der Waals surface area (Å²) in [5.74, 6) is 0. The number of aromatic nitrogens is 1. The fourth-order valence-corrected chi connectivity index (χ4v) is 3.12. The number of para-hydroxylation sites is 1. The van der Waals surface area contributed by atoms with Crippen molar-refractivity contribution in [3.63, 3.8) is 0 Å². The minimum absolute atomic E-state index is 0.000805. The highest BCUT2D eigenvalue weighted by Gasteiger charge is 2.18. The molecule has 6 heteroatoms. The van der Waals surface area contributed by atoms with E-state index in [4.69, 9.17) is 0 Å². The molecular weight excluding hydrogens is 330 g/mol. The smallest absolute Gasteiger partial charge is 0.295 e. The third-order valence-electron chi connectivity index (χ3n) is 4.33. The zero-order valence-corrected chi connectivity index (χ0v) is 14.6. The average molecular weight is 351 g/mol. The van der Waals surface area contributed by atoms with Gasteiger partial charge in [-0.25, -0.2) is 4.98 Å². The maximum Gasteiger partial charge on any atom is 0.295 e. The molecule has 1 aromatic heterocycles. The molecule has 1 unspecified atom stereocenters. The Morgan fingerprint density at radius 1 is 1.19 bits per heavy atom. The Morgan fingerprint density at radius 2 is 1.96 bits per heavy atom. The summed E-state index contributed by atoms with van der Waals surface area (Å²) in [7, 11) is 0. The molecule has 1 heterocycles. The number of hydrogen-bond acceptors (Lipinski definition) is 5. The van der Waals surface area contributed by atoms with Gasteiger partial charge < -0.3 is 10.4 Å². The van der Waals surface area contributed by atoms with Crippen LogP contribution in [0.1, 0.15) is 30.1 Å². The highest BCUT2D eigenvalue weighted by atomic mass is 16.6. The van der Waals surface area contributed by atoms with Crippen molar-refractivity contribution in [1.82, 2.24) is 4.98 Å². The normalized spacial score (nSPS) is 12.1. The maximum absolute atomic E-state index is 11.3. The Morgan fingerprint density at radius 3 is 2.65 bits per heavy atom. The van der Waals surface area contributed by atoms with Gasteiger partial charge in [-0.05, 0) is 31.4 Å². The van der Waals surface area contributed by atoms with Crippen molar-refractivity contribution in [2.75, 3.05) is 11.9 Å². The predicted molar refractivity (Wildman–Crippen MR) is 102 cm³/mol. The van der Waals surface area contributed by atoms with Gasteiger partial charge >= 0.3 is 0 Å². The molecular formula is C20H21N3O3. The van der Waals surface area contributed by atoms with Crippen LogP contribution in [0.25, 0.3) is 10.9 Å². The minimum Gasteiger partial charge on any atom is -0.396 e. The van der Waals surface area contributed by atoms with Crippen molar-refractivity contribution < 1.29 is 10.0 Å². The van der Waals surface area contributed by atoms with E-state index < -0.39 is 4.92 Å². The Bertz CT molecular complexity index is 913. The van der Waals surface area contributed by atoms with E-state index in [1.807, 2.05) is 49.4 Å². The molecule has 134 valence electrons. The van der Waals surface area contributed by atoms with Crippen LogP contribution in [0, 0.1) is 17.0 Å². The van der Waals surface area contributed by atoms with E-state index in [0.29, 0.717) is 17.6 Å². The van der Waals surface area contributed by atoms with Gasteiger partial charge in [0.1, 0.15) is 0 Å². The Balaban J connectivity index is 2.05. The number of nitro benzene ring substituents is 1. The first kappa shape index (κ1) is 17.8. The molecule has 0 saturated carbocycles. The van der Waals surface area contributed by atoms with Crippen LogP contribution in [0.3, 0.4) is 0 Å². The third-order valence-corrected chi connectivity index (χ3v) is 4.33. The van der Waals surface area contributed by atoms with E-state index in [-0.39, 0.29) is 18.3 Å². The topological polar surface area (TPSA) is 88.3 Å². The van der Waals surface area contributed by atoms with Crippen molar-refractivity contribution in [1.29, 1.82) is 0 Å². The number of anilines is 1. The lowest BCUT2D eigenvalue weighted by molar-refractivity contribution is -0.383. The van der Waals surface area contributed by atoms with Crippen LogP contribution in [0.5, 0.6) is 0 Å². The van der Waals surface area contributed by atoms with Crippen molar-refractivity contribution in [2.45, 2.75) is 25.8 Å². The molecule has 0 fully saturated rings. The van der Waals surface area contributed by atoms with Gasteiger partial charge in [0.05, 0.1) is 11.0 Å². The number of aliphatic hydroxyl groups excluding tert-OH is 1. The van der Waals surface area contributed by atoms with Crippen molar-refractivity contribution >= 4 is 22.3 Å². The average Bonchev–Trinajstić information content (AvgIpc) is 2.65. The molecule has 0 amide bonds. The number of nitrogens with zero attached hydrogens (tertiary/aromatic N) is 2. The molecule has 26 heavy (non-hydrogen) atoms. The molecule has 2 N–H and O–H groups in total. The number of fused-ring (bicyclic) bond motifs is 1. The third kappa shape index (κ3) is 3.81. The second-order valence-corrected chi connectivity index (χ2v) is 6.22. The summed E-state index contributed by atoms with van der Waals surface area (Å²) < 4.78 is 0. The Kier molecular flexibility index (Phi) is 5.43. The molecule has 0 aliphatic heterocycles. The van der Waals surface area contributed by atoms with Gasteiger partial charge in [-0.15, -0.1) is 0 Å². The molecule has 1 atom stereocenters. The fourth-order valence-electron chi connectivity index (χ4n) is 3.12. The lowest BCUT2D eigenvalue weighted by Gasteiger charge is -2.21. The molecule has 0 bridgehead atoms. The Labute approximate surface area is 151 Å². The summed E-state index contributed by atoms with van der Waals surface area (Å²) in [6, 6.07) is 16.9. The standard InChI is InChI=1S/C20H21N3O3/c1-14-13-18(16-9-5-11-19(23(25)26)20(16)21-14)22-17(10-6-12-24)15-7-3-2-4-8-15/h2-5,7-9,11,13,17,24H,6,10,12H2,1H3,(H,21,22). The van der Waals surface area contributed by atoms with Crippen LogP contribution >= 0.6 is 0 Å². The molecule has 0 saturated heterocycles. The van der Waals surface area contributed by atoms with E-state index in [1.54, 1.807) is 6.07 Å². The second kappa shape index (κ2) is 7.93. The molecule has 0 aliphatic carbocycles. The minimum atomic E-state index is -0.404. The highest BCUT2D eigenvalue weighted by Crippen LogP contribution is 2.33. The maximum atomic E-state index is 11.3. The number of hydrogen-bond donors (Lipinski definition) is 2. The van der Waals surface area contributed by atoms with Crippen LogP contribution in [0.2, 0.25) is 0 Å². The number of aryl methyl sites for hydroxylation is 1. The van der Waals surface area contributed by atoms with Crippen LogP contribution < -0.4 is 5.32 Å². The number of non-ortho nitro benzene ring substituents is 1. The van der Waals surface area contributed by atoms with Gasteiger partial charge in [0.15, 0.2) is 5.52 Å². The monoisotopic (exact) mass is 351 g/mol. The number of aliphatic hydroxyl groups is 1. The molecule has 0 spiro atoms. The van der Waals surface area contributed by atoms with Gasteiger partial charge in [0, 0.05) is 29.4 Å². The van der Waals surface area contributed by atoms with E-state index in [1.165, 1.54) is 6.07 Å². The number of pyridine rings is 1. The van der Waals surface area contributed by atoms with Crippen molar-refractivity contribution in [3.8, 4) is 0 Å². The summed E-state index contributed by atoms with van der Waals surface area (Å²) in [5, 5.41) is 24.8. The van der Waals surface area contributed by atoms with Gasteiger partial charge in [-0.1, -0.05) is 42.5 Å². The zero-order valence-electron chi connectivity index (χ0n) is 14.6.